The average molecular weight is 470 g/mol. The Hall–Kier alpha value is -4.14. The van der Waals surface area contributed by atoms with Crippen LogP contribution in [0.2, 0.25) is 0 Å². The molecule has 1 aromatic heterocycles. The van der Waals surface area contributed by atoms with Crippen molar-refractivity contribution < 1.29 is 32.8 Å². The van der Waals surface area contributed by atoms with E-state index in [2.05, 4.69) is 5.10 Å². The summed E-state index contributed by atoms with van der Waals surface area (Å²) in [5, 5.41) is 4.08. The summed E-state index contributed by atoms with van der Waals surface area (Å²) in [4.78, 5) is 41.0. The molecule has 2 aliphatic heterocycles. The molecule has 3 heterocycles. The Morgan fingerprint density at radius 2 is 1.65 bits per heavy atom. The van der Waals surface area contributed by atoms with Crippen LogP contribution in [0.4, 0.5) is 11.4 Å². The number of piperidine rings is 1. The third-order valence-corrected chi connectivity index (χ3v) is 5.47. The van der Waals surface area contributed by atoms with Crippen LogP contribution in [0.3, 0.4) is 0 Å². The quantitative estimate of drug-likeness (QED) is 0.618. The summed E-state index contributed by atoms with van der Waals surface area (Å²) in [5.41, 5.74) is 3.40. The van der Waals surface area contributed by atoms with Gasteiger partial charge in [0.2, 0.25) is 5.91 Å². The number of methoxy groups -OCH3 is 1. The maximum atomic E-state index is 14.1. The number of rotatable bonds is 5. The molecule has 1 saturated heterocycles. The van der Waals surface area contributed by atoms with Crippen LogP contribution in [-0.4, -0.2) is 47.7 Å². The van der Waals surface area contributed by atoms with E-state index in [1.54, 1.807) is 0 Å². The number of carbonyl (C=O) groups is 3. The number of hydrogen-bond donors (Lipinski definition) is 1. The monoisotopic (exact) mass is 469 g/mol. The fourth-order valence-corrected chi connectivity index (χ4v) is 3.85. The molecule has 3 amide bonds. The first kappa shape index (κ1) is 12.9. The first-order chi connectivity index (χ1) is 20.6. The lowest BCUT2D eigenvalue weighted by Gasteiger charge is -2.29. The van der Waals surface area contributed by atoms with Crippen LogP contribution in [0.25, 0.3) is 5.69 Å². The van der Waals surface area contributed by atoms with Gasteiger partial charge < -0.3 is 20.3 Å². The summed E-state index contributed by atoms with van der Waals surface area (Å²) < 4.78 is 89.7. The minimum absolute atomic E-state index is 0.0273. The van der Waals surface area contributed by atoms with Crippen LogP contribution in [0.15, 0.2) is 48.3 Å². The van der Waals surface area contributed by atoms with Crippen molar-refractivity contribution in [3.8, 4) is 11.4 Å². The zero-order valence-corrected chi connectivity index (χ0v) is 18.0. The molecule has 9 heteroatoms. The molecule has 2 N–H and O–H groups in total. The summed E-state index contributed by atoms with van der Waals surface area (Å²) in [6, 6.07) is -5.18. The first-order valence-corrected chi connectivity index (χ1v) is 10.4. The maximum absolute atomic E-state index is 14.1. The lowest BCUT2D eigenvalue weighted by Crippen LogP contribution is -2.39. The van der Waals surface area contributed by atoms with E-state index in [1.165, 1.54) is 0 Å². The standard InChI is InChI=1S/C25H25N5O4/c1-34-19-11-9-18(10-12-19)30-23-20(22(27-30)24(26)32)13-15-29(25(23)33)17-7-5-16(6-8-17)28-14-3-2-4-21(28)31/h5-12H,2-4,13-15H2,1H3,(H2,26,32)/i4D2,5D,6D,7D,8D,9D,10D,11D,12D. The fraction of sp³-hybridized carbons (Fsp3) is 0.280. The van der Waals surface area contributed by atoms with Gasteiger partial charge in [-0.2, -0.15) is 5.10 Å². The summed E-state index contributed by atoms with van der Waals surface area (Å²) in [7, 11) is 1.16. The van der Waals surface area contributed by atoms with Crippen LogP contribution in [-0.2, 0) is 11.2 Å². The molecule has 9 nitrogen and oxygen atoms in total. The molecule has 0 unspecified atom stereocenters. The number of aromatic nitrogens is 2. The predicted octanol–water partition coefficient (Wildman–Crippen LogP) is 2.70. The van der Waals surface area contributed by atoms with Gasteiger partial charge in [0.25, 0.3) is 11.8 Å². The van der Waals surface area contributed by atoms with Crippen LogP contribution in [0.5, 0.6) is 5.75 Å². The van der Waals surface area contributed by atoms with Crippen LogP contribution in [0, 0.1) is 0 Å². The molecule has 0 spiro atoms. The van der Waals surface area contributed by atoms with Gasteiger partial charge in [0.15, 0.2) is 5.69 Å². The largest absolute Gasteiger partial charge is 0.497 e. The molecule has 0 radical (unpaired) electrons. The van der Waals surface area contributed by atoms with Crippen molar-refractivity contribution in [1.29, 1.82) is 0 Å². The molecule has 5 rings (SSSR count). The van der Waals surface area contributed by atoms with Crippen LogP contribution in [0.1, 0.15) is 59.5 Å². The predicted molar refractivity (Wildman–Crippen MR) is 127 cm³/mol. The molecule has 3 aromatic rings. The Bertz CT molecular complexity index is 1740. The second-order valence-electron chi connectivity index (χ2n) is 7.47. The van der Waals surface area contributed by atoms with Gasteiger partial charge in [-0.3, -0.25) is 14.4 Å². The molecule has 0 atom stereocenters. The molecular weight excluding hydrogens is 434 g/mol. The molecule has 34 heavy (non-hydrogen) atoms. The van der Waals surface area contributed by atoms with Crippen molar-refractivity contribution in [1.82, 2.24) is 9.78 Å². The normalized spacial score (nSPS) is 21.6. The van der Waals surface area contributed by atoms with Crippen molar-refractivity contribution >= 4 is 29.1 Å². The minimum atomic E-state index is -2.26. The first-order valence-electron chi connectivity index (χ1n) is 15.4. The van der Waals surface area contributed by atoms with E-state index in [9.17, 15) is 14.4 Å². The minimum Gasteiger partial charge on any atom is -0.497 e. The number of benzene rings is 2. The molecule has 0 aliphatic carbocycles. The Labute approximate surface area is 210 Å². The second kappa shape index (κ2) is 8.66. The summed E-state index contributed by atoms with van der Waals surface area (Å²) in [6.45, 7) is -0.283. The number of amides is 3. The van der Waals surface area contributed by atoms with E-state index in [0.717, 1.165) is 21.6 Å². The van der Waals surface area contributed by atoms with E-state index in [0.29, 0.717) is 0 Å². The van der Waals surface area contributed by atoms with E-state index < -0.39 is 95.2 Å². The average Bonchev–Trinajstić information content (AvgIpc) is 3.35. The van der Waals surface area contributed by atoms with Crippen molar-refractivity contribution in [2.45, 2.75) is 25.6 Å². The lowest BCUT2D eigenvalue weighted by atomic mass is 10.0. The number of fused-ring (bicyclic) bond motifs is 1. The Balaban J connectivity index is 1.70. The zero-order valence-electron chi connectivity index (χ0n) is 28.0. The number of ether oxygens (including phenoxy) is 1. The van der Waals surface area contributed by atoms with Gasteiger partial charge in [0, 0.05) is 39.1 Å². The van der Waals surface area contributed by atoms with Crippen molar-refractivity contribution in [2.24, 2.45) is 5.73 Å². The van der Waals surface area contributed by atoms with Gasteiger partial charge in [-0.1, -0.05) is 0 Å². The summed E-state index contributed by atoms with van der Waals surface area (Å²) in [5.74, 6) is -3.39. The van der Waals surface area contributed by atoms with Crippen LogP contribution >= 0.6 is 0 Å². The number of hydrogen-bond acceptors (Lipinski definition) is 5. The van der Waals surface area contributed by atoms with Crippen molar-refractivity contribution in [3.05, 3.63) is 65.3 Å². The molecule has 1 fully saturated rings. The molecule has 0 saturated carbocycles. The Kier molecular flexibility index (Phi) is 3.29. The van der Waals surface area contributed by atoms with Gasteiger partial charge in [0.1, 0.15) is 11.4 Å². The second-order valence-corrected chi connectivity index (χ2v) is 7.47. The smallest absolute Gasteiger partial charge is 0.277 e. The third kappa shape index (κ3) is 3.68. The molecule has 2 aromatic carbocycles. The van der Waals surface area contributed by atoms with E-state index in [4.69, 9.17) is 24.2 Å². The van der Waals surface area contributed by atoms with E-state index in [1.807, 2.05) is 0 Å². The molecule has 2 aliphatic rings. The topological polar surface area (TPSA) is 111 Å². The van der Waals surface area contributed by atoms with Gasteiger partial charge in [-0.05, 0) is 67.6 Å². The number of primary amides is 1. The van der Waals surface area contributed by atoms with Crippen LogP contribution < -0.4 is 20.3 Å². The molecule has 0 bridgehead atoms. The zero-order chi connectivity index (χ0) is 32.6. The molecule has 174 valence electrons. The maximum Gasteiger partial charge on any atom is 0.277 e. The van der Waals surface area contributed by atoms with Gasteiger partial charge >= 0.3 is 0 Å². The van der Waals surface area contributed by atoms with Crippen molar-refractivity contribution in [2.75, 3.05) is 30.0 Å². The number of nitrogens with zero attached hydrogens (tertiary/aromatic N) is 4. The third-order valence-electron chi connectivity index (χ3n) is 5.47. The number of anilines is 2. The Morgan fingerprint density at radius 3 is 2.29 bits per heavy atom. The van der Waals surface area contributed by atoms with Crippen molar-refractivity contribution in [3.63, 3.8) is 0 Å². The summed E-state index contributed by atoms with van der Waals surface area (Å²) in [6.07, 6.45) is -2.22. The van der Waals surface area contributed by atoms with E-state index >= 15 is 0 Å². The lowest BCUT2D eigenvalue weighted by molar-refractivity contribution is -0.119. The van der Waals surface area contributed by atoms with Gasteiger partial charge in [0.05, 0.1) is 23.8 Å². The SMILES string of the molecule is [2H]c1c([2H])c(-n2nc(C(N)=O)c3c2C(=O)N(c2c([2H])c([2H])c(N4CCCC([2H])([2H])C4=O)c([2H])c2[2H])CC3)c([2H])c([2H])c1OC. The molecular formula is C25H25N5O4. The number of carbonyl (C=O) groups excluding carboxylic acids is 3. The highest BCUT2D eigenvalue weighted by Gasteiger charge is 2.34. The van der Waals surface area contributed by atoms with Gasteiger partial charge in [-0.15, -0.1) is 0 Å². The summed E-state index contributed by atoms with van der Waals surface area (Å²) >= 11 is 0. The van der Waals surface area contributed by atoms with E-state index in [-0.39, 0.29) is 49.4 Å². The highest BCUT2D eigenvalue weighted by Crippen LogP contribution is 2.31. The Morgan fingerprint density at radius 1 is 1.00 bits per heavy atom. The van der Waals surface area contributed by atoms with Gasteiger partial charge in [-0.25, -0.2) is 4.68 Å². The number of nitrogens with two attached hydrogens (primary N) is 1. The highest BCUT2D eigenvalue weighted by atomic mass is 16.5. The fourth-order valence-electron chi connectivity index (χ4n) is 3.85. The highest BCUT2D eigenvalue weighted by molar-refractivity contribution is 6.09.